The summed E-state index contributed by atoms with van der Waals surface area (Å²) in [6, 6.07) is 18.0. The average molecular weight is 416 g/mol. The second-order valence-corrected chi connectivity index (χ2v) is 8.33. The van der Waals surface area contributed by atoms with Crippen molar-refractivity contribution in [2.45, 2.75) is 4.90 Å². The van der Waals surface area contributed by atoms with Gasteiger partial charge in [-0.1, -0.05) is 29.8 Å². The third-order valence-electron chi connectivity index (χ3n) is 4.32. The van der Waals surface area contributed by atoms with E-state index in [1.165, 1.54) is 34.3 Å². The summed E-state index contributed by atoms with van der Waals surface area (Å²) < 4.78 is 33.3. The van der Waals surface area contributed by atoms with Crippen molar-refractivity contribution in [3.8, 4) is 5.75 Å². The molecule has 1 heterocycles. The summed E-state index contributed by atoms with van der Waals surface area (Å²) in [6.07, 6.45) is 0. The van der Waals surface area contributed by atoms with Crippen molar-refractivity contribution in [2.24, 2.45) is 0 Å². The first-order valence-electron chi connectivity index (χ1n) is 8.27. The van der Waals surface area contributed by atoms with E-state index in [9.17, 15) is 13.2 Å². The lowest BCUT2D eigenvalue weighted by Crippen LogP contribution is -2.13. The van der Waals surface area contributed by atoms with Gasteiger partial charge >= 0.3 is 5.97 Å². The monoisotopic (exact) mass is 415 g/mol. The topological polar surface area (TPSA) is 85.6 Å². The lowest BCUT2D eigenvalue weighted by atomic mass is 10.1. The summed E-state index contributed by atoms with van der Waals surface area (Å²) >= 11 is 5.89. The highest BCUT2D eigenvalue weighted by molar-refractivity contribution is 7.90. The summed E-state index contributed by atoms with van der Waals surface area (Å²) in [5, 5.41) is 10.7. The first-order chi connectivity index (χ1) is 13.4. The number of fused-ring (bicyclic) bond motifs is 3. The van der Waals surface area contributed by atoms with Crippen molar-refractivity contribution in [3.05, 3.63) is 71.8 Å². The number of carbonyl (C=O) groups is 1. The van der Waals surface area contributed by atoms with E-state index >= 15 is 0 Å². The smallest absolute Gasteiger partial charge is 0.341 e. The number of aliphatic carboxylic acids is 1. The number of carboxylic acid groups (broad SMARTS) is 1. The van der Waals surface area contributed by atoms with Gasteiger partial charge in [-0.05, 0) is 42.5 Å². The molecule has 0 aliphatic carbocycles. The highest BCUT2D eigenvalue weighted by Crippen LogP contribution is 2.34. The Morgan fingerprint density at radius 3 is 2.36 bits per heavy atom. The molecule has 0 amide bonds. The molecule has 1 aromatic heterocycles. The largest absolute Gasteiger partial charge is 0.482 e. The molecule has 6 nitrogen and oxygen atoms in total. The molecular formula is C20H14ClNO5S. The Labute approximate surface area is 165 Å². The number of hydrogen-bond acceptors (Lipinski definition) is 4. The van der Waals surface area contributed by atoms with Crippen LogP contribution in [0.1, 0.15) is 0 Å². The molecule has 0 unspecified atom stereocenters. The van der Waals surface area contributed by atoms with Crippen LogP contribution in [-0.2, 0) is 14.8 Å². The van der Waals surface area contributed by atoms with Crippen LogP contribution in [-0.4, -0.2) is 30.1 Å². The summed E-state index contributed by atoms with van der Waals surface area (Å²) in [4.78, 5) is 10.9. The maximum Gasteiger partial charge on any atom is 0.341 e. The van der Waals surface area contributed by atoms with Crippen LogP contribution in [0.5, 0.6) is 5.75 Å². The van der Waals surface area contributed by atoms with Gasteiger partial charge in [-0.15, -0.1) is 0 Å². The molecule has 0 radical (unpaired) electrons. The van der Waals surface area contributed by atoms with Crippen LogP contribution >= 0.6 is 11.6 Å². The summed E-state index contributed by atoms with van der Waals surface area (Å²) in [5.74, 6) is -0.848. The molecule has 0 saturated heterocycles. The van der Waals surface area contributed by atoms with Gasteiger partial charge in [0.25, 0.3) is 10.0 Å². The lowest BCUT2D eigenvalue weighted by molar-refractivity contribution is -0.139. The Balaban J connectivity index is 2.00. The van der Waals surface area contributed by atoms with Crippen LogP contribution in [0.15, 0.2) is 71.6 Å². The van der Waals surface area contributed by atoms with Gasteiger partial charge in [-0.25, -0.2) is 17.2 Å². The van der Waals surface area contributed by atoms with Gasteiger partial charge in [0, 0.05) is 21.9 Å². The van der Waals surface area contributed by atoms with Crippen LogP contribution in [0, 0.1) is 0 Å². The first kappa shape index (κ1) is 18.3. The Kier molecular flexibility index (Phi) is 4.49. The number of aromatic nitrogens is 1. The van der Waals surface area contributed by atoms with Crippen LogP contribution in [0.2, 0.25) is 5.02 Å². The standard InChI is InChI=1S/C20H14ClNO5S/c21-13-5-8-15(9-6-13)28(25,26)22-18-4-2-1-3-16(18)17-10-7-14(11-19(17)22)27-12-20(23)24/h1-11H,12H2,(H,23,24). The van der Waals surface area contributed by atoms with Crippen molar-refractivity contribution in [3.63, 3.8) is 0 Å². The number of halogens is 1. The molecule has 0 saturated carbocycles. The average Bonchev–Trinajstić information content (AvgIpc) is 3.01. The molecular weight excluding hydrogens is 402 g/mol. The zero-order valence-corrected chi connectivity index (χ0v) is 15.9. The molecule has 0 spiro atoms. The van der Waals surface area contributed by atoms with Gasteiger partial charge in [-0.2, -0.15) is 0 Å². The molecule has 0 atom stereocenters. The number of para-hydroxylation sites is 1. The zero-order valence-electron chi connectivity index (χ0n) is 14.4. The summed E-state index contributed by atoms with van der Waals surface area (Å²) in [7, 11) is -3.93. The molecule has 0 fully saturated rings. The third-order valence-corrected chi connectivity index (χ3v) is 6.31. The van der Waals surface area contributed by atoms with Crippen molar-refractivity contribution < 1.29 is 23.1 Å². The SMILES string of the molecule is O=C(O)COc1ccc2c3ccccc3n(S(=O)(=O)c3ccc(Cl)cc3)c2c1. The predicted molar refractivity (Wildman–Crippen MR) is 107 cm³/mol. The van der Waals surface area contributed by atoms with Crippen LogP contribution in [0.3, 0.4) is 0 Å². The van der Waals surface area contributed by atoms with E-state index in [1.807, 2.05) is 12.1 Å². The quantitative estimate of drug-likeness (QED) is 0.529. The van der Waals surface area contributed by atoms with Gasteiger partial charge in [0.15, 0.2) is 6.61 Å². The van der Waals surface area contributed by atoms with Crippen LogP contribution in [0.25, 0.3) is 21.8 Å². The molecule has 3 aromatic carbocycles. The Bertz CT molecular complexity index is 1310. The highest BCUT2D eigenvalue weighted by atomic mass is 35.5. The number of benzene rings is 3. The number of hydrogen-bond donors (Lipinski definition) is 1. The second kappa shape index (κ2) is 6.85. The van der Waals surface area contributed by atoms with Crippen molar-refractivity contribution in [1.29, 1.82) is 0 Å². The third kappa shape index (κ3) is 3.08. The predicted octanol–water partition coefficient (Wildman–Crippen LogP) is 4.15. The molecule has 0 aliphatic heterocycles. The van der Waals surface area contributed by atoms with E-state index in [-0.39, 0.29) is 10.6 Å². The van der Waals surface area contributed by atoms with E-state index in [2.05, 4.69) is 0 Å². The van der Waals surface area contributed by atoms with Gasteiger partial charge < -0.3 is 9.84 Å². The molecule has 4 aromatic rings. The minimum absolute atomic E-state index is 0.0939. The van der Waals surface area contributed by atoms with Gasteiger partial charge in [0.2, 0.25) is 0 Å². The Morgan fingerprint density at radius 1 is 0.964 bits per heavy atom. The molecule has 0 bridgehead atoms. The number of ether oxygens (including phenoxy) is 1. The van der Waals surface area contributed by atoms with Crippen LogP contribution < -0.4 is 4.74 Å². The highest BCUT2D eigenvalue weighted by Gasteiger charge is 2.23. The van der Waals surface area contributed by atoms with E-state index in [1.54, 1.807) is 24.3 Å². The number of nitrogens with zero attached hydrogens (tertiary/aromatic N) is 1. The maximum absolute atomic E-state index is 13.4. The Hall–Kier alpha value is -3.03. The maximum atomic E-state index is 13.4. The minimum Gasteiger partial charge on any atom is -0.482 e. The van der Waals surface area contributed by atoms with E-state index < -0.39 is 22.6 Å². The van der Waals surface area contributed by atoms with E-state index in [0.717, 1.165) is 10.8 Å². The fourth-order valence-corrected chi connectivity index (χ4v) is 4.77. The van der Waals surface area contributed by atoms with E-state index in [0.29, 0.717) is 16.1 Å². The number of rotatable bonds is 5. The fraction of sp³-hybridized carbons (Fsp3) is 0.0500. The van der Waals surface area contributed by atoms with Crippen LogP contribution in [0.4, 0.5) is 0 Å². The van der Waals surface area contributed by atoms with Crippen molar-refractivity contribution in [2.75, 3.05) is 6.61 Å². The summed E-state index contributed by atoms with van der Waals surface area (Å²) in [5.41, 5.74) is 0.918. The molecule has 28 heavy (non-hydrogen) atoms. The molecule has 8 heteroatoms. The molecule has 142 valence electrons. The lowest BCUT2D eigenvalue weighted by Gasteiger charge is -2.10. The van der Waals surface area contributed by atoms with Crippen molar-refractivity contribution in [1.82, 2.24) is 3.97 Å². The van der Waals surface area contributed by atoms with Gasteiger partial charge in [0.05, 0.1) is 15.9 Å². The van der Waals surface area contributed by atoms with E-state index in [4.69, 9.17) is 21.4 Å². The normalized spacial score (nSPS) is 11.8. The van der Waals surface area contributed by atoms with Gasteiger partial charge in [-0.3, -0.25) is 0 Å². The minimum atomic E-state index is -3.93. The second-order valence-electron chi connectivity index (χ2n) is 6.10. The molecule has 1 N–H and O–H groups in total. The fourth-order valence-electron chi connectivity index (χ4n) is 3.12. The zero-order chi connectivity index (χ0) is 19.9. The first-order valence-corrected chi connectivity index (χ1v) is 10.1. The van der Waals surface area contributed by atoms with Gasteiger partial charge in [0.1, 0.15) is 5.75 Å². The number of carboxylic acids is 1. The Morgan fingerprint density at radius 2 is 1.64 bits per heavy atom. The molecule has 0 aliphatic rings. The van der Waals surface area contributed by atoms with Crippen molar-refractivity contribution >= 4 is 49.4 Å². The molecule has 4 rings (SSSR count). The summed E-state index contributed by atoms with van der Waals surface area (Å²) in [6.45, 7) is -0.518.